The highest BCUT2D eigenvalue weighted by atomic mass is 35.5. The summed E-state index contributed by atoms with van der Waals surface area (Å²) in [5.74, 6) is -1.68. The van der Waals surface area contributed by atoms with Gasteiger partial charge in [0.25, 0.3) is 5.91 Å². The second-order valence-electron chi connectivity index (χ2n) is 10.8. The SMILES string of the molecule is COCCOc1nc2c(cc1C(=O)Nc1ccc(C(F)(F)F)cc1)nc(Nc1cc(CNC(=O)C3(C(F)(F)F)CC3)ccc1Cl)n2C. The van der Waals surface area contributed by atoms with E-state index in [1.54, 1.807) is 23.7 Å². The highest BCUT2D eigenvalue weighted by Gasteiger charge is 2.68. The zero-order chi connectivity index (χ0) is 34.1. The number of imidazole rings is 1. The lowest BCUT2D eigenvalue weighted by Gasteiger charge is -2.18. The van der Waals surface area contributed by atoms with Crippen molar-refractivity contribution in [2.24, 2.45) is 12.5 Å². The van der Waals surface area contributed by atoms with E-state index in [9.17, 15) is 35.9 Å². The number of benzene rings is 2. The van der Waals surface area contributed by atoms with Crippen LogP contribution in [-0.4, -0.2) is 52.8 Å². The lowest BCUT2D eigenvalue weighted by atomic mass is 10.1. The molecule has 10 nitrogen and oxygen atoms in total. The molecule has 5 rings (SSSR count). The van der Waals surface area contributed by atoms with E-state index in [4.69, 9.17) is 21.1 Å². The Balaban J connectivity index is 1.38. The fourth-order valence-electron chi connectivity index (χ4n) is 4.66. The number of carbonyl (C=O) groups is 2. The summed E-state index contributed by atoms with van der Waals surface area (Å²) in [4.78, 5) is 34.5. The molecule has 2 aromatic heterocycles. The molecule has 17 heteroatoms. The molecule has 250 valence electrons. The van der Waals surface area contributed by atoms with Crippen LogP contribution in [0.5, 0.6) is 5.88 Å². The molecule has 0 bridgehead atoms. The third-order valence-electron chi connectivity index (χ3n) is 7.51. The fraction of sp³-hybridized carbons (Fsp3) is 0.333. The summed E-state index contributed by atoms with van der Waals surface area (Å²) in [6.45, 7) is 0.0259. The second-order valence-corrected chi connectivity index (χ2v) is 11.2. The minimum absolute atomic E-state index is 0.0293. The Morgan fingerprint density at radius 1 is 1.00 bits per heavy atom. The molecule has 0 saturated heterocycles. The number of alkyl halides is 6. The lowest BCUT2D eigenvalue weighted by molar-refractivity contribution is -0.192. The molecule has 3 N–H and O–H groups in total. The smallest absolute Gasteiger partial charge is 0.416 e. The average Bonchev–Trinajstić information content (AvgIpc) is 3.78. The number of anilines is 3. The number of hydrogen-bond acceptors (Lipinski definition) is 7. The molecule has 1 aliphatic carbocycles. The van der Waals surface area contributed by atoms with Crippen LogP contribution in [0.3, 0.4) is 0 Å². The highest BCUT2D eigenvalue weighted by Crippen LogP contribution is 2.57. The fourth-order valence-corrected chi connectivity index (χ4v) is 4.82. The molecule has 1 fully saturated rings. The summed E-state index contributed by atoms with van der Waals surface area (Å²) in [5.41, 5.74) is -1.85. The predicted molar refractivity (Wildman–Crippen MR) is 160 cm³/mol. The van der Waals surface area contributed by atoms with E-state index < -0.39 is 35.1 Å². The Morgan fingerprint density at radius 2 is 1.70 bits per heavy atom. The number of rotatable bonds is 11. The number of fused-ring (bicyclic) bond motifs is 1. The molecule has 4 aromatic rings. The van der Waals surface area contributed by atoms with Crippen LogP contribution >= 0.6 is 11.6 Å². The van der Waals surface area contributed by atoms with Crippen molar-refractivity contribution in [3.05, 3.63) is 70.2 Å². The molecule has 0 unspecified atom stereocenters. The minimum atomic E-state index is -4.63. The van der Waals surface area contributed by atoms with Crippen molar-refractivity contribution >= 4 is 51.9 Å². The molecule has 0 radical (unpaired) electrons. The third-order valence-corrected chi connectivity index (χ3v) is 7.84. The predicted octanol–water partition coefficient (Wildman–Crippen LogP) is 6.62. The van der Waals surface area contributed by atoms with Crippen LogP contribution in [0.15, 0.2) is 48.5 Å². The average molecular weight is 685 g/mol. The maximum atomic E-state index is 13.3. The van der Waals surface area contributed by atoms with Crippen LogP contribution in [0.2, 0.25) is 5.02 Å². The molecule has 47 heavy (non-hydrogen) atoms. The van der Waals surface area contributed by atoms with E-state index in [0.717, 1.165) is 24.3 Å². The Kier molecular flexibility index (Phi) is 9.28. The van der Waals surface area contributed by atoms with Gasteiger partial charge in [0.05, 0.1) is 22.9 Å². The van der Waals surface area contributed by atoms with Gasteiger partial charge in [-0.25, -0.2) is 4.98 Å². The van der Waals surface area contributed by atoms with E-state index in [0.29, 0.717) is 11.3 Å². The number of pyridine rings is 1. The van der Waals surface area contributed by atoms with Crippen molar-refractivity contribution in [3.63, 3.8) is 0 Å². The molecule has 0 spiro atoms. The van der Waals surface area contributed by atoms with Gasteiger partial charge in [-0.05, 0) is 60.9 Å². The minimum Gasteiger partial charge on any atom is -0.475 e. The molecule has 1 aliphatic rings. The van der Waals surface area contributed by atoms with Gasteiger partial charge < -0.3 is 25.4 Å². The Labute approximate surface area is 268 Å². The van der Waals surface area contributed by atoms with Crippen LogP contribution in [0, 0.1) is 5.41 Å². The molecular formula is C30H27ClF6N6O4. The Hall–Kier alpha value is -4.57. The van der Waals surface area contributed by atoms with E-state index >= 15 is 0 Å². The maximum Gasteiger partial charge on any atom is 0.416 e. The summed E-state index contributed by atoms with van der Waals surface area (Å²) in [7, 11) is 3.08. The number of nitrogens with zero attached hydrogens (tertiary/aromatic N) is 3. The standard InChI is InChI=1S/C30H27ClF6N6O4/c1-43-23-22(14-19(25(42-23)47-12-11-46-2)24(44)39-18-6-4-17(5-7-18)29(32,33)34)41-27(43)40-21-13-16(3-8-20(21)31)15-38-26(45)28(9-10-28)30(35,36)37/h3-8,13-14H,9-12,15H2,1-2H3,(H,38,45)(H,39,44)(H,40,41). The monoisotopic (exact) mass is 684 g/mol. The highest BCUT2D eigenvalue weighted by molar-refractivity contribution is 6.33. The zero-order valence-corrected chi connectivity index (χ0v) is 25.5. The van der Waals surface area contributed by atoms with Gasteiger partial charge in [0.1, 0.15) is 23.1 Å². The number of ether oxygens (including phenoxy) is 2. The normalized spacial score (nSPS) is 14.1. The molecular weight excluding hydrogens is 658 g/mol. The first-order chi connectivity index (χ1) is 22.1. The summed E-state index contributed by atoms with van der Waals surface area (Å²) in [5, 5.41) is 8.16. The second kappa shape index (κ2) is 12.9. The van der Waals surface area contributed by atoms with Crippen molar-refractivity contribution in [2.45, 2.75) is 31.7 Å². The van der Waals surface area contributed by atoms with Gasteiger partial charge >= 0.3 is 12.4 Å². The third kappa shape index (κ3) is 7.22. The molecule has 0 aliphatic heterocycles. The Bertz CT molecular complexity index is 1810. The molecule has 0 atom stereocenters. The van der Waals surface area contributed by atoms with Crippen molar-refractivity contribution in [2.75, 3.05) is 31.0 Å². The summed E-state index contributed by atoms with van der Waals surface area (Å²) < 4.78 is 91.0. The van der Waals surface area contributed by atoms with Gasteiger partial charge in [-0.3, -0.25) is 14.2 Å². The molecule has 2 amide bonds. The number of aromatic nitrogens is 3. The Morgan fingerprint density at radius 3 is 2.32 bits per heavy atom. The van der Waals surface area contributed by atoms with Crippen LogP contribution in [0.1, 0.15) is 34.3 Å². The van der Waals surface area contributed by atoms with Crippen molar-refractivity contribution in [1.82, 2.24) is 19.9 Å². The van der Waals surface area contributed by atoms with Gasteiger partial charge in [0.2, 0.25) is 17.7 Å². The van der Waals surface area contributed by atoms with E-state index in [-0.39, 0.29) is 71.9 Å². The van der Waals surface area contributed by atoms with Gasteiger partial charge in [-0.2, -0.15) is 31.3 Å². The summed E-state index contributed by atoms with van der Waals surface area (Å²) in [6.07, 6.45) is -9.68. The van der Waals surface area contributed by atoms with Gasteiger partial charge in [0, 0.05) is 26.4 Å². The van der Waals surface area contributed by atoms with Gasteiger partial charge in [0.15, 0.2) is 5.65 Å². The number of methoxy groups -OCH3 is 1. The van der Waals surface area contributed by atoms with Gasteiger partial charge in [-0.1, -0.05) is 17.7 Å². The summed E-state index contributed by atoms with van der Waals surface area (Å²) in [6, 6.07) is 9.92. The quantitative estimate of drug-likeness (QED) is 0.120. The van der Waals surface area contributed by atoms with Crippen LogP contribution in [0.25, 0.3) is 11.2 Å². The first-order valence-corrected chi connectivity index (χ1v) is 14.4. The van der Waals surface area contributed by atoms with E-state index in [1.165, 1.54) is 19.2 Å². The van der Waals surface area contributed by atoms with Gasteiger partial charge in [-0.15, -0.1) is 0 Å². The van der Waals surface area contributed by atoms with Crippen LogP contribution in [-0.2, 0) is 29.3 Å². The summed E-state index contributed by atoms with van der Waals surface area (Å²) >= 11 is 6.38. The first-order valence-electron chi connectivity index (χ1n) is 14.0. The van der Waals surface area contributed by atoms with Crippen molar-refractivity contribution in [1.29, 1.82) is 0 Å². The van der Waals surface area contributed by atoms with Crippen LogP contribution < -0.4 is 20.7 Å². The lowest BCUT2D eigenvalue weighted by Crippen LogP contribution is -2.40. The van der Waals surface area contributed by atoms with Crippen molar-refractivity contribution < 1.29 is 45.4 Å². The topological polar surface area (TPSA) is 119 Å². The molecule has 2 heterocycles. The van der Waals surface area contributed by atoms with Crippen LogP contribution in [0.4, 0.5) is 43.7 Å². The van der Waals surface area contributed by atoms with E-state index in [1.807, 2.05) is 0 Å². The molecule has 2 aromatic carbocycles. The largest absolute Gasteiger partial charge is 0.475 e. The number of nitrogens with one attached hydrogen (secondary N) is 3. The number of hydrogen-bond donors (Lipinski definition) is 3. The number of aryl methyl sites for hydroxylation is 1. The first kappa shape index (κ1) is 33.8. The zero-order valence-electron chi connectivity index (χ0n) is 24.8. The number of amides is 2. The van der Waals surface area contributed by atoms with Crippen molar-refractivity contribution in [3.8, 4) is 5.88 Å². The van der Waals surface area contributed by atoms with E-state index in [2.05, 4.69) is 25.9 Å². The number of halogens is 7. The number of carbonyl (C=O) groups excluding carboxylic acids is 2. The maximum absolute atomic E-state index is 13.3. The molecule has 1 saturated carbocycles.